The smallest absolute Gasteiger partial charge is 0.153 e. The number of nitrogens with zero attached hydrogens (tertiary/aromatic N) is 3. The van der Waals surface area contributed by atoms with Crippen LogP contribution in [0.1, 0.15) is 16.8 Å². The Kier molecular flexibility index (Phi) is 8.23. The molecule has 5 rings (SSSR count). The molecule has 0 bridgehead atoms. The monoisotopic (exact) mass is 622 g/mol. The Labute approximate surface area is 245 Å². The normalized spacial score (nSPS) is 12.6. The molecule has 0 aliphatic heterocycles. The van der Waals surface area contributed by atoms with E-state index in [0.29, 0.717) is 39.3 Å². The van der Waals surface area contributed by atoms with Crippen LogP contribution in [0.15, 0.2) is 102 Å². The zero-order chi connectivity index (χ0) is 27.4. The van der Waals surface area contributed by atoms with Gasteiger partial charge in [-0.3, -0.25) is 0 Å². The Morgan fingerprint density at radius 1 is 0.923 bits per heavy atom. The van der Waals surface area contributed by atoms with Crippen LogP contribution in [0, 0.1) is 0 Å². The van der Waals surface area contributed by atoms with E-state index in [9.17, 15) is 5.11 Å². The molecule has 2 N–H and O–H groups in total. The second-order valence-electron chi connectivity index (χ2n) is 9.01. The topological polar surface area (TPSA) is 72.2 Å². The first-order valence-corrected chi connectivity index (χ1v) is 13.7. The third kappa shape index (κ3) is 5.97. The van der Waals surface area contributed by atoms with Crippen molar-refractivity contribution in [2.75, 3.05) is 19.0 Å². The van der Waals surface area contributed by atoms with Crippen LogP contribution in [-0.4, -0.2) is 33.8 Å². The van der Waals surface area contributed by atoms with Gasteiger partial charge in [0.15, 0.2) is 5.60 Å². The van der Waals surface area contributed by atoms with Crippen LogP contribution in [0.25, 0.3) is 11.3 Å². The highest BCUT2D eigenvalue weighted by molar-refractivity contribution is 9.10. The van der Waals surface area contributed by atoms with Gasteiger partial charge in [-0.25, -0.2) is 4.68 Å². The molecule has 0 amide bonds. The lowest BCUT2D eigenvalue weighted by molar-refractivity contribution is 0.0907. The Morgan fingerprint density at radius 3 is 2.26 bits per heavy atom. The Morgan fingerprint density at radius 2 is 1.59 bits per heavy atom. The first-order chi connectivity index (χ1) is 18.9. The number of benzene rings is 4. The van der Waals surface area contributed by atoms with Gasteiger partial charge in [-0.15, -0.1) is 5.10 Å². The summed E-state index contributed by atoms with van der Waals surface area (Å²) in [6.07, 6.45) is 0. The number of ether oxygens (including phenoxy) is 1. The molecule has 0 radical (unpaired) electrons. The molecule has 1 heterocycles. The maximum Gasteiger partial charge on any atom is 0.153 e. The molecule has 1 atom stereocenters. The first kappa shape index (κ1) is 27.2. The van der Waals surface area contributed by atoms with E-state index in [0.717, 1.165) is 21.3 Å². The average molecular weight is 624 g/mol. The van der Waals surface area contributed by atoms with Crippen LogP contribution in [0.3, 0.4) is 0 Å². The molecule has 0 aliphatic carbocycles. The van der Waals surface area contributed by atoms with Crippen LogP contribution in [0.2, 0.25) is 10.0 Å². The number of hydrogen-bond donors (Lipinski definition) is 2. The molecule has 0 saturated carbocycles. The van der Waals surface area contributed by atoms with Gasteiger partial charge in [0.1, 0.15) is 11.4 Å². The van der Waals surface area contributed by atoms with Crippen molar-refractivity contribution in [2.45, 2.75) is 12.1 Å². The molecule has 5 aromatic rings. The Bertz CT molecular complexity index is 1560. The van der Waals surface area contributed by atoms with Gasteiger partial charge in [-0.1, -0.05) is 83.0 Å². The van der Waals surface area contributed by atoms with Crippen molar-refractivity contribution in [1.29, 1.82) is 0 Å². The summed E-state index contributed by atoms with van der Waals surface area (Å²) < 4.78 is 8.08. The molecule has 0 saturated heterocycles. The lowest BCUT2D eigenvalue weighted by Crippen LogP contribution is -2.36. The van der Waals surface area contributed by atoms with Crippen molar-refractivity contribution in [3.8, 4) is 17.0 Å². The standard InChI is InChI=1S/C30H25BrCl2N4O2/c1-39-27-17-25(15-16-26(27)31)34-19-30(38,22-9-13-24(33)14-10-22)29-28(21-7-11-23(32)12-8-21)37(36-35-29)18-20-5-3-2-4-6-20/h2-17,34,38H,18-19H2,1H3. The zero-order valence-corrected chi connectivity index (χ0v) is 24.1. The maximum atomic E-state index is 12.5. The quantitative estimate of drug-likeness (QED) is 0.179. The van der Waals surface area contributed by atoms with E-state index in [2.05, 4.69) is 31.6 Å². The number of anilines is 1. The summed E-state index contributed by atoms with van der Waals surface area (Å²) in [7, 11) is 1.61. The summed E-state index contributed by atoms with van der Waals surface area (Å²) in [5, 5.41) is 26.1. The fraction of sp³-hybridized carbons (Fsp3) is 0.133. The summed E-state index contributed by atoms with van der Waals surface area (Å²) in [6.45, 7) is 0.573. The van der Waals surface area contributed by atoms with E-state index in [4.69, 9.17) is 27.9 Å². The molecule has 39 heavy (non-hydrogen) atoms. The zero-order valence-electron chi connectivity index (χ0n) is 21.0. The number of aliphatic hydroxyl groups is 1. The average Bonchev–Trinajstić information content (AvgIpc) is 3.37. The molecule has 4 aromatic carbocycles. The lowest BCUT2D eigenvalue weighted by Gasteiger charge is -2.29. The SMILES string of the molecule is COc1cc(NCC(O)(c2ccc(Cl)cc2)c2nnn(Cc3ccccc3)c2-c2ccc(Cl)cc2)ccc1Br. The Balaban J connectivity index is 1.63. The van der Waals surface area contributed by atoms with Gasteiger partial charge < -0.3 is 15.2 Å². The van der Waals surface area contributed by atoms with Gasteiger partial charge in [-0.05, 0) is 63.5 Å². The molecular formula is C30H25BrCl2N4O2. The minimum absolute atomic E-state index is 0.101. The fourth-order valence-electron chi connectivity index (χ4n) is 4.40. The van der Waals surface area contributed by atoms with Crippen molar-refractivity contribution in [2.24, 2.45) is 0 Å². The van der Waals surface area contributed by atoms with Gasteiger partial charge in [0.05, 0.1) is 30.4 Å². The summed E-state index contributed by atoms with van der Waals surface area (Å²) in [5.74, 6) is 0.672. The molecule has 9 heteroatoms. The van der Waals surface area contributed by atoms with E-state index in [1.165, 1.54) is 0 Å². The highest BCUT2D eigenvalue weighted by atomic mass is 79.9. The number of rotatable bonds is 9. The summed E-state index contributed by atoms with van der Waals surface area (Å²) in [4.78, 5) is 0. The number of nitrogens with one attached hydrogen (secondary N) is 1. The van der Waals surface area contributed by atoms with Crippen LogP contribution >= 0.6 is 39.1 Å². The van der Waals surface area contributed by atoms with Crippen molar-refractivity contribution in [3.05, 3.63) is 128 Å². The van der Waals surface area contributed by atoms with Crippen molar-refractivity contribution in [1.82, 2.24) is 15.0 Å². The van der Waals surface area contributed by atoms with Gasteiger partial charge in [0.2, 0.25) is 0 Å². The molecule has 1 aromatic heterocycles. The number of aromatic nitrogens is 3. The second-order valence-corrected chi connectivity index (χ2v) is 10.7. The Hall–Kier alpha value is -3.36. The summed E-state index contributed by atoms with van der Waals surface area (Å²) >= 11 is 15.9. The van der Waals surface area contributed by atoms with Gasteiger partial charge in [0, 0.05) is 27.4 Å². The molecular weight excluding hydrogens is 599 g/mol. The lowest BCUT2D eigenvalue weighted by atomic mass is 9.87. The van der Waals surface area contributed by atoms with Gasteiger partial charge in [-0.2, -0.15) is 0 Å². The van der Waals surface area contributed by atoms with Crippen LogP contribution < -0.4 is 10.1 Å². The molecule has 198 valence electrons. The van der Waals surface area contributed by atoms with Crippen molar-refractivity contribution < 1.29 is 9.84 Å². The molecule has 0 spiro atoms. The third-order valence-corrected chi connectivity index (χ3v) is 7.60. The molecule has 1 unspecified atom stereocenters. The van der Waals surface area contributed by atoms with E-state index >= 15 is 0 Å². The first-order valence-electron chi connectivity index (χ1n) is 12.2. The van der Waals surface area contributed by atoms with E-state index in [-0.39, 0.29) is 6.54 Å². The predicted molar refractivity (Wildman–Crippen MR) is 160 cm³/mol. The number of halogens is 3. The van der Waals surface area contributed by atoms with Crippen molar-refractivity contribution >= 4 is 44.8 Å². The van der Waals surface area contributed by atoms with Gasteiger partial charge in [0.25, 0.3) is 0 Å². The molecule has 0 aliphatic rings. The van der Waals surface area contributed by atoms with E-state index in [1.54, 1.807) is 36.1 Å². The van der Waals surface area contributed by atoms with E-state index < -0.39 is 5.60 Å². The van der Waals surface area contributed by atoms with E-state index in [1.807, 2.05) is 72.8 Å². The molecule has 6 nitrogen and oxygen atoms in total. The van der Waals surface area contributed by atoms with Crippen LogP contribution in [0.5, 0.6) is 5.75 Å². The molecule has 0 fully saturated rings. The van der Waals surface area contributed by atoms with Crippen LogP contribution in [-0.2, 0) is 12.1 Å². The fourth-order valence-corrected chi connectivity index (χ4v) is 5.06. The minimum Gasteiger partial charge on any atom is -0.495 e. The number of methoxy groups -OCH3 is 1. The minimum atomic E-state index is -1.57. The maximum absolute atomic E-state index is 12.5. The summed E-state index contributed by atoms with van der Waals surface area (Å²) in [5.41, 5.74) is 2.78. The highest BCUT2D eigenvalue weighted by Gasteiger charge is 2.38. The second kappa shape index (κ2) is 11.8. The highest BCUT2D eigenvalue weighted by Crippen LogP contribution is 2.37. The van der Waals surface area contributed by atoms with Crippen LogP contribution in [0.4, 0.5) is 5.69 Å². The van der Waals surface area contributed by atoms with Gasteiger partial charge >= 0.3 is 0 Å². The largest absolute Gasteiger partial charge is 0.495 e. The number of hydrogen-bond acceptors (Lipinski definition) is 5. The third-order valence-electron chi connectivity index (χ3n) is 6.44. The summed E-state index contributed by atoms with van der Waals surface area (Å²) in [6, 6.07) is 30.2. The van der Waals surface area contributed by atoms with Crippen molar-refractivity contribution in [3.63, 3.8) is 0 Å². The predicted octanol–water partition coefficient (Wildman–Crippen LogP) is 7.42.